The number of sulfonamides is 1. The third-order valence-electron chi connectivity index (χ3n) is 6.39. The third-order valence-corrected chi connectivity index (χ3v) is 9.90. The van der Waals surface area contributed by atoms with Crippen molar-refractivity contribution in [3.05, 3.63) is 99.0 Å². The average Bonchev–Trinajstić information content (AvgIpc) is 2.90. The number of nitrogens with one attached hydrogen (secondary N) is 1. The summed E-state index contributed by atoms with van der Waals surface area (Å²) in [4.78, 5) is 15.2. The molecule has 1 aliphatic rings. The van der Waals surface area contributed by atoms with Gasteiger partial charge in [0.1, 0.15) is 0 Å². The molecule has 0 aliphatic carbocycles. The second kappa shape index (κ2) is 13.3. The van der Waals surface area contributed by atoms with Crippen molar-refractivity contribution in [2.45, 2.75) is 24.1 Å². The Morgan fingerprint density at radius 2 is 1.71 bits per heavy atom. The Bertz CT molecular complexity index is 1360. The summed E-state index contributed by atoms with van der Waals surface area (Å²) in [5.41, 5.74) is 3.70. The Morgan fingerprint density at radius 3 is 2.42 bits per heavy atom. The van der Waals surface area contributed by atoms with Gasteiger partial charge < -0.3 is 5.32 Å². The van der Waals surface area contributed by atoms with Crippen LogP contribution in [0.1, 0.15) is 27.0 Å². The maximum Gasteiger partial charge on any atom is 0.251 e. The number of rotatable bonds is 10. The monoisotopic (exact) mass is 591 g/mol. The average molecular weight is 593 g/mol. The highest BCUT2D eigenvalue weighted by Gasteiger charge is 2.28. The fourth-order valence-corrected chi connectivity index (χ4v) is 7.06. The molecule has 3 aromatic rings. The Morgan fingerprint density at radius 1 is 0.974 bits per heavy atom. The van der Waals surface area contributed by atoms with E-state index in [1.165, 1.54) is 0 Å². The van der Waals surface area contributed by atoms with E-state index in [0.717, 1.165) is 28.2 Å². The van der Waals surface area contributed by atoms with Crippen molar-refractivity contribution in [3.63, 3.8) is 0 Å². The number of aryl methyl sites for hydroxylation is 1. The second-order valence-electron chi connectivity index (χ2n) is 9.24. The van der Waals surface area contributed by atoms with Gasteiger partial charge in [-0.25, -0.2) is 8.42 Å². The molecule has 1 fully saturated rings. The van der Waals surface area contributed by atoms with Gasteiger partial charge in [-0.1, -0.05) is 59.1 Å². The number of carbonyl (C=O) groups is 1. The number of hydrogen-bond acceptors (Lipinski definition) is 5. The van der Waals surface area contributed by atoms with Crippen LogP contribution in [0.25, 0.3) is 0 Å². The van der Waals surface area contributed by atoms with E-state index in [1.54, 1.807) is 34.3 Å². The van der Waals surface area contributed by atoms with Crippen LogP contribution in [-0.4, -0.2) is 62.0 Å². The van der Waals surface area contributed by atoms with E-state index in [2.05, 4.69) is 10.2 Å². The van der Waals surface area contributed by atoms with Gasteiger partial charge in [-0.05, 0) is 54.4 Å². The minimum absolute atomic E-state index is 0.106. The summed E-state index contributed by atoms with van der Waals surface area (Å²) >= 11 is 13.9. The summed E-state index contributed by atoms with van der Waals surface area (Å²) in [7, 11) is -3.49. The van der Waals surface area contributed by atoms with Gasteiger partial charge in [0, 0.05) is 66.4 Å². The number of thioether (sulfide) groups is 1. The SMILES string of the molecule is Cc1ccc(S(=O)(=O)N2CCN(Cc3cccc(C(=O)NCCSCc4ccc(Cl)cc4Cl)c3)CC2)cc1. The molecule has 202 valence electrons. The molecule has 1 amide bonds. The molecule has 10 heteroatoms. The summed E-state index contributed by atoms with van der Waals surface area (Å²) in [6.07, 6.45) is 0. The van der Waals surface area contributed by atoms with E-state index >= 15 is 0 Å². The Hall–Kier alpha value is -2.07. The van der Waals surface area contributed by atoms with E-state index < -0.39 is 10.0 Å². The smallest absolute Gasteiger partial charge is 0.251 e. The first-order chi connectivity index (χ1) is 18.2. The van der Waals surface area contributed by atoms with Gasteiger partial charge in [-0.2, -0.15) is 16.1 Å². The minimum Gasteiger partial charge on any atom is -0.351 e. The predicted octanol–water partition coefficient (Wildman–Crippen LogP) is 5.47. The molecular formula is C28H31Cl2N3O3S2. The third kappa shape index (κ3) is 7.74. The molecule has 0 atom stereocenters. The van der Waals surface area contributed by atoms with E-state index in [1.807, 2.05) is 55.5 Å². The summed E-state index contributed by atoms with van der Waals surface area (Å²) < 4.78 is 27.5. The Labute approximate surface area is 239 Å². The van der Waals surface area contributed by atoms with Crippen LogP contribution in [-0.2, 0) is 22.3 Å². The maximum atomic E-state index is 13.0. The molecule has 0 aromatic heterocycles. The van der Waals surface area contributed by atoms with Crippen molar-refractivity contribution in [3.8, 4) is 0 Å². The number of carbonyl (C=O) groups excluding carboxylic acids is 1. The molecule has 38 heavy (non-hydrogen) atoms. The fraction of sp³-hybridized carbons (Fsp3) is 0.321. The lowest BCUT2D eigenvalue weighted by atomic mass is 10.1. The topological polar surface area (TPSA) is 69.7 Å². The zero-order valence-electron chi connectivity index (χ0n) is 21.2. The molecular weight excluding hydrogens is 561 g/mol. The zero-order chi connectivity index (χ0) is 27.1. The van der Waals surface area contributed by atoms with Gasteiger partial charge in [0.15, 0.2) is 0 Å². The molecule has 0 unspecified atom stereocenters. The molecule has 0 radical (unpaired) electrons. The molecule has 0 bridgehead atoms. The van der Waals surface area contributed by atoms with Gasteiger partial charge in [0.25, 0.3) is 5.91 Å². The quantitative estimate of drug-likeness (QED) is 0.316. The van der Waals surface area contributed by atoms with Crippen LogP contribution in [0, 0.1) is 6.92 Å². The predicted molar refractivity (Wildman–Crippen MR) is 157 cm³/mol. The van der Waals surface area contributed by atoms with Crippen LogP contribution in [0.15, 0.2) is 71.6 Å². The van der Waals surface area contributed by atoms with E-state index in [9.17, 15) is 13.2 Å². The lowest BCUT2D eigenvalue weighted by molar-refractivity contribution is 0.0956. The molecule has 0 saturated carbocycles. The van der Waals surface area contributed by atoms with Crippen molar-refractivity contribution in [1.82, 2.24) is 14.5 Å². The number of benzene rings is 3. The largest absolute Gasteiger partial charge is 0.351 e. The summed E-state index contributed by atoms with van der Waals surface area (Å²) in [5, 5.41) is 4.25. The van der Waals surface area contributed by atoms with E-state index in [0.29, 0.717) is 59.8 Å². The normalized spacial score (nSPS) is 14.9. The van der Waals surface area contributed by atoms with Crippen LogP contribution < -0.4 is 5.32 Å². The van der Waals surface area contributed by atoms with Gasteiger partial charge in [0.05, 0.1) is 4.90 Å². The zero-order valence-corrected chi connectivity index (χ0v) is 24.3. The molecule has 1 heterocycles. The Kier molecular flexibility index (Phi) is 10.1. The fourth-order valence-electron chi connectivity index (χ4n) is 4.22. The number of amides is 1. The van der Waals surface area contributed by atoms with Crippen LogP contribution in [0.3, 0.4) is 0 Å². The van der Waals surface area contributed by atoms with Crippen LogP contribution in [0.2, 0.25) is 10.0 Å². The first-order valence-corrected chi connectivity index (χ1v) is 15.8. The molecule has 1 aliphatic heterocycles. The molecule has 4 rings (SSSR count). The number of nitrogens with zero attached hydrogens (tertiary/aromatic N) is 2. The highest BCUT2D eigenvalue weighted by atomic mass is 35.5. The molecule has 6 nitrogen and oxygen atoms in total. The van der Waals surface area contributed by atoms with Crippen molar-refractivity contribution in [2.75, 3.05) is 38.5 Å². The molecule has 1 saturated heterocycles. The summed E-state index contributed by atoms with van der Waals surface area (Å²) in [6, 6.07) is 20.1. The van der Waals surface area contributed by atoms with Gasteiger partial charge in [-0.15, -0.1) is 0 Å². The molecule has 0 spiro atoms. The van der Waals surface area contributed by atoms with Crippen LogP contribution >= 0.6 is 35.0 Å². The Balaban J connectivity index is 1.22. The highest BCUT2D eigenvalue weighted by molar-refractivity contribution is 7.98. The first-order valence-electron chi connectivity index (χ1n) is 12.4. The number of hydrogen-bond donors (Lipinski definition) is 1. The van der Waals surface area contributed by atoms with Crippen molar-refractivity contribution in [1.29, 1.82) is 0 Å². The van der Waals surface area contributed by atoms with Crippen molar-refractivity contribution in [2.24, 2.45) is 0 Å². The van der Waals surface area contributed by atoms with Gasteiger partial charge >= 0.3 is 0 Å². The maximum absolute atomic E-state index is 13.0. The second-order valence-corrected chi connectivity index (χ2v) is 13.1. The molecule has 1 N–H and O–H groups in total. The highest BCUT2D eigenvalue weighted by Crippen LogP contribution is 2.24. The van der Waals surface area contributed by atoms with Gasteiger partial charge in [-0.3, -0.25) is 9.69 Å². The van der Waals surface area contributed by atoms with Crippen LogP contribution in [0.5, 0.6) is 0 Å². The molecule has 3 aromatic carbocycles. The van der Waals surface area contributed by atoms with Crippen molar-refractivity contribution < 1.29 is 13.2 Å². The summed E-state index contributed by atoms with van der Waals surface area (Å²) in [5.74, 6) is 1.41. The number of piperazine rings is 1. The standard InChI is InChI=1S/C28H31Cl2N3O3S2/c1-21-5-9-26(10-6-21)38(35,36)33-14-12-32(13-15-33)19-22-3-2-4-23(17-22)28(34)31-11-16-37-20-24-7-8-25(29)18-27(24)30/h2-10,17-18H,11-16,19-20H2,1H3,(H,31,34). The minimum atomic E-state index is -3.49. The summed E-state index contributed by atoms with van der Waals surface area (Å²) in [6.45, 7) is 5.30. The lowest BCUT2D eigenvalue weighted by Crippen LogP contribution is -2.48. The van der Waals surface area contributed by atoms with E-state index in [-0.39, 0.29) is 5.91 Å². The van der Waals surface area contributed by atoms with Gasteiger partial charge in [0.2, 0.25) is 10.0 Å². The van der Waals surface area contributed by atoms with E-state index in [4.69, 9.17) is 23.2 Å². The van der Waals surface area contributed by atoms with Crippen LogP contribution in [0.4, 0.5) is 0 Å². The number of halogens is 2. The van der Waals surface area contributed by atoms with Crippen molar-refractivity contribution >= 4 is 50.9 Å². The first kappa shape index (κ1) is 28.9. The lowest BCUT2D eigenvalue weighted by Gasteiger charge is -2.34.